The number of nitrogens with one attached hydrogen (secondary N) is 1. The highest BCUT2D eigenvalue weighted by Gasteiger charge is 2.33. The first-order valence-corrected chi connectivity index (χ1v) is 8.16. The number of rotatable bonds is 5. The van der Waals surface area contributed by atoms with E-state index in [0.717, 1.165) is 0 Å². The number of hydrogen-bond acceptors (Lipinski definition) is 5. The molecule has 0 radical (unpaired) electrons. The zero-order chi connectivity index (χ0) is 13.1. The molecule has 1 aromatic rings. The molecule has 1 aliphatic heterocycles. The number of aliphatic hydroxyl groups is 1. The molecule has 0 amide bonds. The summed E-state index contributed by atoms with van der Waals surface area (Å²) < 4.78 is 32.1. The minimum absolute atomic E-state index is 0.0245. The first kappa shape index (κ1) is 14.0. The van der Waals surface area contributed by atoms with E-state index in [1.807, 2.05) is 0 Å². The quantitative estimate of drug-likeness (QED) is 0.842. The molecule has 18 heavy (non-hydrogen) atoms. The largest absolute Gasteiger partial charge is 0.396 e. The number of aliphatic hydroxyl groups excluding tert-OH is 1. The van der Waals surface area contributed by atoms with Gasteiger partial charge in [-0.3, -0.25) is 0 Å². The highest BCUT2D eigenvalue weighted by molar-refractivity contribution is 7.91. The van der Waals surface area contributed by atoms with Crippen LogP contribution in [0.2, 0.25) is 0 Å². The molecule has 0 aromatic carbocycles. The Balaban J connectivity index is 2.02. The number of hydrogen-bond donors (Lipinski definition) is 2. The topological polar surface area (TPSA) is 75.6 Å². The Kier molecular flexibility index (Phi) is 4.39. The maximum absolute atomic E-state index is 12.0. The average molecular weight is 291 g/mol. The molecular formula is C11H17NO4S2. The molecule has 1 aromatic heterocycles. The van der Waals surface area contributed by atoms with Gasteiger partial charge in [0, 0.05) is 25.2 Å². The van der Waals surface area contributed by atoms with Gasteiger partial charge in [0.25, 0.3) is 0 Å². The van der Waals surface area contributed by atoms with Crippen LogP contribution < -0.4 is 4.72 Å². The van der Waals surface area contributed by atoms with Crippen LogP contribution in [-0.4, -0.2) is 39.9 Å². The normalized spacial score (nSPS) is 19.8. The summed E-state index contributed by atoms with van der Waals surface area (Å²) in [6.45, 7) is 1.37. The van der Waals surface area contributed by atoms with E-state index in [9.17, 15) is 13.5 Å². The van der Waals surface area contributed by atoms with E-state index in [1.54, 1.807) is 17.5 Å². The Bertz CT molecular complexity index is 463. The summed E-state index contributed by atoms with van der Waals surface area (Å²) >= 11 is 1.19. The van der Waals surface area contributed by atoms with Gasteiger partial charge in [-0.15, -0.1) is 11.3 Å². The molecule has 0 spiro atoms. The van der Waals surface area contributed by atoms with E-state index in [2.05, 4.69) is 4.72 Å². The Labute approximate surface area is 111 Å². The smallest absolute Gasteiger partial charge is 0.250 e. The molecular weight excluding hydrogens is 274 g/mol. The molecule has 0 atom stereocenters. The summed E-state index contributed by atoms with van der Waals surface area (Å²) in [5, 5.41) is 11.2. The van der Waals surface area contributed by atoms with Crippen molar-refractivity contribution in [3.63, 3.8) is 0 Å². The Morgan fingerprint density at radius 3 is 2.72 bits per heavy atom. The van der Waals surface area contributed by atoms with Crippen LogP contribution in [0.3, 0.4) is 0 Å². The highest BCUT2D eigenvalue weighted by Crippen LogP contribution is 2.29. The van der Waals surface area contributed by atoms with E-state index >= 15 is 0 Å². The fourth-order valence-electron chi connectivity index (χ4n) is 1.93. The third kappa shape index (κ3) is 3.10. The monoisotopic (exact) mass is 291 g/mol. The molecule has 1 saturated heterocycles. The predicted molar refractivity (Wildman–Crippen MR) is 69.1 cm³/mol. The van der Waals surface area contributed by atoms with Crippen LogP contribution in [0.1, 0.15) is 12.8 Å². The summed E-state index contributed by atoms with van der Waals surface area (Å²) in [6.07, 6.45) is 1.35. The molecule has 102 valence electrons. The van der Waals surface area contributed by atoms with Crippen molar-refractivity contribution in [2.24, 2.45) is 5.41 Å². The summed E-state index contributed by atoms with van der Waals surface area (Å²) in [5.74, 6) is 0. The van der Waals surface area contributed by atoms with Gasteiger partial charge in [0.2, 0.25) is 10.0 Å². The van der Waals surface area contributed by atoms with Crippen molar-refractivity contribution in [1.29, 1.82) is 0 Å². The molecule has 2 rings (SSSR count). The van der Waals surface area contributed by atoms with Crippen molar-refractivity contribution in [2.45, 2.75) is 17.1 Å². The molecule has 0 unspecified atom stereocenters. The van der Waals surface area contributed by atoms with Gasteiger partial charge in [-0.25, -0.2) is 13.1 Å². The number of sulfonamides is 1. The second-order valence-corrected chi connectivity index (χ2v) is 7.47. The molecule has 5 nitrogen and oxygen atoms in total. The van der Waals surface area contributed by atoms with Crippen LogP contribution in [0.4, 0.5) is 0 Å². The van der Waals surface area contributed by atoms with Gasteiger partial charge in [-0.2, -0.15) is 0 Å². The molecule has 0 saturated carbocycles. The second-order valence-electron chi connectivity index (χ2n) is 4.53. The van der Waals surface area contributed by atoms with Crippen LogP contribution in [0.5, 0.6) is 0 Å². The number of thiophene rings is 1. The van der Waals surface area contributed by atoms with Crippen LogP contribution >= 0.6 is 11.3 Å². The van der Waals surface area contributed by atoms with Gasteiger partial charge in [0.15, 0.2) is 0 Å². The minimum atomic E-state index is -3.45. The van der Waals surface area contributed by atoms with Crippen molar-refractivity contribution in [3.8, 4) is 0 Å². The van der Waals surface area contributed by atoms with Crippen LogP contribution in [0.15, 0.2) is 21.7 Å². The number of ether oxygens (including phenoxy) is 1. The Morgan fingerprint density at radius 2 is 2.17 bits per heavy atom. The van der Waals surface area contributed by atoms with Crippen molar-refractivity contribution < 1.29 is 18.3 Å². The van der Waals surface area contributed by atoms with Crippen LogP contribution in [-0.2, 0) is 14.8 Å². The molecule has 2 N–H and O–H groups in total. The molecule has 0 aliphatic carbocycles. The fraction of sp³-hybridized carbons (Fsp3) is 0.636. The molecule has 0 bridgehead atoms. The van der Waals surface area contributed by atoms with E-state index in [4.69, 9.17) is 4.74 Å². The second kappa shape index (κ2) is 5.66. The van der Waals surface area contributed by atoms with Gasteiger partial charge in [0.1, 0.15) is 4.21 Å². The molecule has 1 fully saturated rings. The van der Waals surface area contributed by atoms with Gasteiger partial charge >= 0.3 is 0 Å². The maximum atomic E-state index is 12.0. The van der Waals surface area contributed by atoms with E-state index < -0.39 is 10.0 Å². The van der Waals surface area contributed by atoms with E-state index in [-0.39, 0.29) is 18.6 Å². The Morgan fingerprint density at radius 1 is 1.44 bits per heavy atom. The summed E-state index contributed by atoms with van der Waals surface area (Å²) in [5.41, 5.74) is -0.386. The highest BCUT2D eigenvalue weighted by atomic mass is 32.2. The SMILES string of the molecule is O=S(=O)(NCC1(CO)CCOCC1)c1cccs1. The predicted octanol–water partition coefficient (Wildman–Crippen LogP) is 0.815. The summed E-state index contributed by atoms with van der Waals surface area (Å²) in [7, 11) is -3.45. The molecule has 1 aliphatic rings. The summed E-state index contributed by atoms with van der Waals surface area (Å²) in [4.78, 5) is 0. The van der Waals surface area contributed by atoms with Gasteiger partial charge in [-0.05, 0) is 24.3 Å². The van der Waals surface area contributed by atoms with Crippen molar-refractivity contribution in [1.82, 2.24) is 4.72 Å². The lowest BCUT2D eigenvalue weighted by Crippen LogP contribution is -2.43. The van der Waals surface area contributed by atoms with Gasteiger partial charge in [-0.1, -0.05) is 6.07 Å². The standard InChI is InChI=1S/C11H17NO4S2/c13-9-11(3-5-16-6-4-11)8-12-18(14,15)10-2-1-7-17-10/h1-2,7,12-13H,3-6,8-9H2. The first-order valence-electron chi connectivity index (χ1n) is 5.80. The lowest BCUT2D eigenvalue weighted by molar-refractivity contribution is -0.0126. The van der Waals surface area contributed by atoms with Crippen molar-refractivity contribution in [2.75, 3.05) is 26.4 Å². The average Bonchev–Trinajstić information content (AvgIpc) is 2.92. The zero-order valence-corrected chi connectivity index (χ0v) is 11.6. The van der Waals surface area contributed by atoms with Crippen LogP contribution in [0.25, 0.3) is 0 Å². The van der Waals surface area contributed by atoms with Gasteiger partial charge in [0.05, 0.1) is 6.61 Å². The van der Waals surface area contributed by atoms with Crippen LogP contribution in [0, 0.1) is 5.41 Å². The third-order valence-electron chi connectivity index (χ3n) is 3.29. The first-order chi connectivity index (χ1) is 8.58. The molecule has 7 heteroatoms. The zero-order valence-electron chi connectivity index (χ0n) is 9.96. The van der Waals surface area contributed by atoms with Crippen molar-refractivity contribution in [3.05, 3.63) is 17.5 Å². The fourth-order valence-corrected chi connectivity index (χ4v) is 4.13. The molecule has 2 heterocycles. The lowest BCUT2D eigenvalue weighted by Gasteiger charge is -2.35. The van der Waals surface area contributed by atoms with Crippen molar-refractivity contribution >= 4 is 21.4 Å². The minimum Gasteiger partial charge on any atom is -0.396 e. The maximum Gasteiger partial charge on any atom is 0.250 e. The lowest BCUT2D eigenvalue weighted by atomic mass is 9.81. The third-order valence-corrected chi connectivity index (χ3v) is 6.08. The Hall–Kier alpha value is -0.470. The van der Waals surface area contributed by atoms with E-state index in [1.165, 1.54) is 11.3 Å². The van der Waals surface area contributed by atoms with E-state index in [0.29, 0.717) is 30.3 Å². The van der Waals surface area contributed by atoms with Gasteiger partial charge < -0.3 is 9.84 Å². The summed E-state index contributed by atoms with van der Waals surface area (Å²) in [6, 6.07) is 3.28.